The normalized spacial score (nSPS) is 16.2. The van der Waals surface area contributed by atoms with Gasteiger partial charge in [-0.15, -0.1) is 0 Å². The summed E-state index contributed by atoms with van der Waals surface area (Å²) in [6, 6.07) is 9.69. The molecule has 2 aliphatic rings. The van der Waals surface area contributed by atoms with Crippen LogP contribution in [0.3, 0.4) is 0 Å². The van der Waals surface area contributed by atoms with Crippen molar-refractivity contribution < 1.29 is 73.9 Å². The van der Waals surface area contributed by atoms with Crippen LogP contribution in [0.4, 0.5) is 26.3 Å². The number of aryl methyl sites for hydroxylation is 2. The fraction of sp³-hybridized carbons (Fsp3) is 0.409. The maximum absolute atomic E-state index is 14.5. The van der Waals surface area contributed by atoms with E-state index >= 15 is 0 Å². The van der Waals surface area contributed by atoms with Crippen molar-refractivity contribution in [3.63, 3.8) is 0 Å². The minimum Gasteiger partial charge on any atom is -0.463 e. The van der Waals surface area contributed by atoms with Gasteiger partial charge in [-0.1, -0.05) is 25.3 Å². The lowest BCUT2D eigenvalue weighted by Crippen LogP contribution is -2.24. The third kappa shape index (κ3) is 12.5. The lowest BCUT2D eigenvalue weighted by atomic mass is 9.88. The van der Waals surface area contributed by atoms with Gasteiger partial charge in [0, 0.05) is 25.4 Å². The molecule has 2 atom stereocenters. The number of unbranched alkanes of at least 4 members (excludes halogenated alkanes) is 2. The number of rotatable bonds is 18. The van der Waals surface area contributed by atoms with E-state index in [2.05, 4.69) is 13.2 Å². The summed E-state index contributed by atoms with van der Waals surface area (Å²) in [5, 5.41) is 0. The second-order valence-corrected chi connectivity index (χ2v) is 14.2. The zero-order valence-electron chi connectivity index (χ0n) is 32.6. The Kier molecular flexibility index (Phi) is 15.7. The molecule has 322 valence electrons. The third-order valence-corrected chi connectivity index (χ3v) is 9.96. The first-order chi connectivity index (χ1) is 28.6. The Bertz CT molecular complexity index is 1910. The molecule has 0 aliphatic heterocycles. The average molecular weight is 847 g/mol. The number of hydrogen-bond donors (Lipinski definition) is 0. The topological polar surface area (TPSA) is 124 Å². The molecular formula is C44H44F6O10. The molecule has 0 N–H and O–H groups in total. The molecule has 2 unspecified atom stereocenters. The molecule has 0 aromatic heterocycles. The quantitative estimate of drug-likeness (QED) is 0.0403. The largest absolute Gasteiger partial charge is 0.463 e. The van der Waals surface area contributed by atoms with Crippen LogP contribution in [0.15, 0.2) is 73.8 Å². The van der Waals surface area contributed by atoms with Gasteiger partial charge >= 0.3 is 36.2 Å². The summed E-state index contributed by atoms with van der Waals surface area (Å²) in [4.78, 5) is 48.6. The highest BCUT2D eigenvalue weighted by Gasteiger charge is 2.49. The summed E-state index contributed by atoms with van der Waals surface area (Å²) in [6.07, 6.45) is -3.96. The summed E-state index contributed by atoms with van der Waals surface area (Å²) >= 11 is 0. The second-order valence-electron chi connectivity index (χ2n) is 14.2. The number of hydrogen-bond acceptors (Lipinski definition) is 10. The predicted molar refractivity (Wildman–Crippen MR) is 204 cm³/mol. The van der Waals surface area contributed by atoms with Crippen LogP contribution >= 0.6 is 0 Å². The van der Waals surface area contributed by atoms with Crippen molar-refractivity contribution in [3.05, 3.63) is 118 Å². The number of carbonyl (C=O) groups is 4. The van der Waals surface area contributed by atoms with E-state index in [1.807, 2.05) is 0 Å². The zero-order chi connectivity index (χ0) is 43.5. The summed E-state index contributed by atoms with van der Waals surface area (Å²) < 4.78 is 119. The van der Waals surface area contributed by atoms with Crippen LogP contribution in [0, 0.1) is 0 Å². The minimum atomic E-state index is -5.69. The molecule has 0 saturated carbocycles. The Morgan fingerprint density at radius 3 is 1.32 bits per heavy atom. The number of halogens is 6. The van der Waals surface area contributed by atoms with Gasteiger partial charge in [0.05, 0.1) is 36.5 Å². The Hall–Kier alpha value is -5.48. The van der Waals surface area contributed by atoms with Gasteiger partial charge in [-0.25, -0.2) is 19.2 Å². The van der Waals surface area contributed by atoms with E-state index in [-0.39, 0.29) is 36.5 Å². The first kappa shape index (κ1) is 45.6. The second kappa shape index (κ2) is 20.7. The molecule has 0 fully saturated rings. The van der Waals surface area contributed by atoms with Gasteiger partial charge in [0.25, 0.3) is 0 Å². The molecule has 0 bridgehead atoms. The Morgan fingerprint density at radius 2 is 0.950 bits per heavy atom. The van der Waals surface area contributed by atoms with Gasteiger partial charge in [-0.2, -0.15) is 26.3 Å². The Morgan fingerprint density at radius 1 is 0.567 bits per heavy atom. The van der Waals surface area contributed by atoms with Gasteiger partial charge in [-0.05, 0) is 123 Å². The zero-order valence-corrected chi connectivity index (χ0v) is 32.6. The van der Waals surface area contributed by atoms with E-state index in [4.69, 9.17) is 28.4 Å². The predicted octanol–water partition coefficient (Wildman–Crippen LogP) is 8.93. The number of carbonyl (C=O) groups excluding carboxylic acids is 4. The minimum absolute atomic E-state index is 0.139. The first-order valence-electron chi connectivity index (χ1n) is 19.4. The number of fused-ring (bicyclic) bond motifs is 2. The van der Waals surface area contributed by atoms with E-state index in [0.29, 0.717) is 101 Å². The number of benzene rings is 3. The highest BCUT2D eigenvalue weighted by atomic mass is 19.4. The average Bonchev–Trinajstić information content (AvgIpc) is 3.22. The van der Waals surface area contributed by atoms with E-state index in [1.54, 1.807) is 12.1 Å². The molecule has 10 nitrogen and oxygen atoms in total. The van der Waals surface area contributed by atoms with Crippen molar-refractivity contribution in [1.29, 1.82) is 0 Å². The van der Waals surface area contributed by atoms with E-state index in [9.17, 15) is 45.5 Å². The van der Waals surface area contributed by atoms with Crippen molar-refractivity contribution in [3.8, 4) is 11.5 Å². The summed E-state index contributed by atoms with van der Waals surface area (Å²) in [6.45, 7) is 7.96. The van der Waals surface area contributed by atoms with Crippen LogP contribution in [0.25, 0.3) is 0 Å². The fourth-order valence-corrected chi connectivity index (χ4v) is 6.97. The highest BCUT2D eigenvalue weighted by Crippen LogP contribution is 2.49. The molecule has 60 heavy (non-hydrogen) atoms. The molecule has 0 heterocycles. The van der Waals surface area contributed by atoms with Crippen LogP contribution in [-0.2, 0) is 66.6 Å². The van der Waals surface area contributed by atoms with Crippen molar-refractivity contribution in [1.82, 2.24) is 0 Å². The Labute approximate surface area is 342 Å². The maximum Gasteiger partial charge on any atom is 0.420 e. The van der Waals surface area contributed by atoms with Crippen LogP contribution in [-0.4, -0.2) is 62.5 Å². The lowest BCUT2D eigenvalue weighted by molar-refractivity contribution is -0.163. The lowest BCUT2D eigenvalue weighted by Gasteiger charge is -2.25. The van der Waals surface area contributed by atoms with E-state index in [0.717, 1.165) is 23.3 Å². The summed E-state index contributed by atoms with van der Waals surface area (Å²) in [7, 11) is 0. The van der Waals surface area contributed by atoms with Crippen LogP contribution in [0.5, 0.6) is 11.5 Å². The van der Waals surface area contributed by atoms with Crippen molar-refractivity contribution >= 4 is 23.9 Å². The SMILES string of the molecule is C=CC(=O)OCCCCOC1CCc2cc(C(=O)Oc3ccc(OC(=O)c4ccc5c(c4)CCC(OCCCCOC(=O)C=C)C5)c(C(F)(F)F)c3C(F)(F)F)ccc2C1. The van der Waals surface area contributed by atoms with Crippen LogP contribution in [0.2, 0.25) is 0 Å². The molecule has 0 saturated heterocycles. The molecular weight excluding hydrogens is 802 g/mol. The number of esters is 4. The number of ether oxygens (including phenoxy) is 6. The van der Waals surface area contributed by atoms with Crippen molar-refractivity contribution in [2.75, 3.05) is 26.4 Å². The van der Waals surface area contributed by atoms with Crippen LogP contribution in [0.1, 0.15) is 92.6 Å². The molecule has 0 amide bonds. The van der Waals surface area contributed by atoms with Gasteiger partial charge in [0.1, 0.15) is 22.6 Å². The monoisotopic (exact) mass is 846 g/mol. The Balaban J connectivity index is 1.23. The smallest absolute Gasteiger partial charge is 0.420 e. The standard InChI is InChI=1S/C44H44F6O10/c1-3-37(51)57-21-7-5-19-55-33-15-13-27-23-31(11-9-29(27)25-33)41(53)59-35-17-18-36(40(44(48,49)50)39(35)43(45,46)47)60-42(54)32-12-10-30-26-34(16-14-28(30)24-32)56-20-6-8-22-58-38(52)4-2/h3-4,9-12,17-18,23-24,33-34H,1-2,5-8,13-16,19-22,25-26H2. The molecule has 3 aromatic rings. The molecule has 0 radical (unpaired) electrons. The number of alkyl halides is 6. The first-order valence-corrected chi connectivity index (χ1v) is 19.4. The molecule has 2 aliphatic carbocycles. The molecule has 3 aromatic carbocycles. The van der Waals surface area contributed by atoms with E-state index in [1.165, 1.54) is 24.3 Å². The van der Waals surface area contributed by atoms with E-state index < -0.39 is 58.9 Å². The summed E-state index contributed by atoms with van der Waals surface area (Å²) in [5.41, 5.74) is -1.91. The highest BCUT2D eigenvalue weighted by molar-refractivity contribution is 5.93. The van der Waals surface area contributed by atoms with Gasteiger partial charge in [-0.3, -0.25) is 0 Å². The van der Waals surface area contributed by atoms with Gasteiger partial charge < -0.3 is 28.4 Å². The van der Waals surface area contributed by atoms with Crippen LogP contribution < -0.4 is 9.47 Å². The fourth-order valence-electron chi connectivity index (χ4n) is 6.97. The van der Waals surface area contributed by atoms with Gasteiger partial charge in [0.15, 0.2) is 0 Å². The third-order valence-electron chi connectivity index (χ3n) is 9.96. The molecule has 5 rings (SSSR count). The maximum atomic E-state index is 14.5. The van der Waals surface area contributed by atoms with Crippen molar-refractivity contribution in [2.24, 2.45) is 0 Å². The summed E-state index contributed by atoms with van der Waals surface area (Å²) in [5.74, 6) is -6.46. The van der Waals surface area contributed by atoms with Gasteiger partial charge in [0.2, 0.25) is 0 Å². The molecule has 16 heteroatoms. The van der Waals surface area contributed by atoms with Crippen molar-refractivity contribution in [2.45, 2.75) is 88.8 Å². The molecule has 0 spiro atoms.